The number of methoxy groups -OCH3 is 1. The number of amides is 1. The van der Waals surface area contributed by atoms with Gasteiger partial charge in [0.25, 0.3) is 0 Å². The fraction of sp³-hybridized carbons (Fsp3) is 0.381. The van der Waals surface area contributed by atoms with E-state index in [1.807, 2.05) is 54.6 Å². The Morgan fingerprint density at radius 1 is 1.12 bits per heavy atom. The van der Waals surface area contributed by atoms with Gasteiger partial charge in [-0.25, -0.2) is 0 Å². The fourth-order valence-corrected chi connectivity index (χ4v) is 3.46. The van der Waals surface area contributed by atoms with E-state index in [4.69, 9.17) is 4.74 Å². The maximum absolute atomic E-state index is 12.7. The van der Waals surface area contributed by atoms with Gasteiger partial charge < -0.3 is 15.4 Å². The van der Waals surface area contributed by atoms with Crippen molar-refractivity contribution in [3.05, 3.63) is 65.7 Å². The summed E-state index contributed by atoms with van der Waals surface area (Å²) in [5, 5.41) is 6.58. The van der Waals surface area contributed by atoms with Gasteiger partial charge in [0.2, 0.25) is 5.91 Å². The number of carbonyl (C=O) groups excluding carboxylic acids is 1. The summed E-state index contributed by atoms with van der Waals surface area (Å²) in [5.41, 5.74) is 2.04. The van der Waals surface area contributed by atoms with Gasteiger partial charge >= 0.3 is 0 Å². The molecule has 1 heterocycles. The lowest BCUT2D eigenvalue weighted by atomic mass is 9.93. The number of halogens is 1. The van der Waals surface area contributed by atoms with Crippen molar-refractivity contribution in [2.24, 2.45) is 5.92 Å². The average Bonchev–Trinajstić information content (AvgIpc) is 2.67. The van der Waals surface area contributed by atoms with Gasteiger partial charge in [-0.1, -0.05) is 48.5 Å². The summed E-state index contributed by atoms with van der Waals surface area (Å²) in [5.74, 6) is 1.36. The number of benzene rings is 2. The van der Waals surface area contributed by atoms with Crippen LogP contribution in [0.4, 0.5) is 0 Å². The first-order chi connectivity index (χ1) is 12.3. The first kappa shape index (κ1) is 20.3. The standard InChI is InChI=1S/C21H26N2O2.ClH/c1-25-19-10-6-5-9-18(19)21(17-7-3-2-4-8-17)23-20(24)15-16-11-13-22-14-12-16;/h2-10,16,21-22H,11-15H2,1H3,(H,23,24);1H. The number of nitrogens with one attached hydrogen (secondary N) is 2. The molecule has 26 heavy (non-hydrogen) atoms. The fourth-order valence-electron chi connectivity index (χ4n) is 3.46. The molecule has 1 aliphatic rings. The normalized spacial score (nSPS) is 15.6. The average molecular weight is 375 g/mol. The molecular weight excluding hydrogens is 348 g/mol. The van der Waals surface area contributed by atoms with Crippen LogP contribution < -0.4 is 15.4 Å². The van der Waals surface area contributed by atoms with Gasteiger partial charge in [0.15, 0.2) is 0 Å². The van der Waals surface area contributed by atoms with Crippen molar-refractivity contribution in [1.82, 2.24) is 10.6 Å². The lowest BCUT2D eigenvalue weighted by molar-refractivity contribution is -0.122. The van der Waals surface area contributed by atoms with E-state index in [1.54, 1.807) is 7.11 Å². The SMILES string of the molecule is COc1ccccc1C(NC(=O)CC1CCNCC1)c1ccccc1.Cl. The maximum Gasteiger partial charge on any atom is 0.221 e. The molecule has 0 saturated carbocycles. The molecule has 4 nitrogen and oxygen atoms in total. The molecule has 1 fully saturated rings. The molecule has 0 spiro atoms. The summed E-state index contributed by atoms with van der Waals surface area (Å²) < 4.78 is 5.52. The monoisotopic (exact) mass is 374 g/mol. The highest BCUT2D eigenvalue weighted by atomic mass is 35.5. The van der Waals surface area contributed by atoms with E-state index in [2.05, 4.69) is 10.6 Å². The van der Waals surface area contributed by atoms with Crippen LogP contribution in [-0.4, -0.2) is 26.1 Å². The Hall–Kier alpha value is -2.04. The van der Waals surface area contributed by atoms with Crippen LogP contribution in [0.15, 0.2) is 54.6 Å². The summed E-state index contributed by atoms with van der Waals surface area (Å²) in [4.78, 5) is 12.7. The second kappa shape index (κ2) is 10.2. The third kappa shape index (κ3) is 5.23. The molecule has 0 aromatic heterocycles. The second-order valence-electron chi connectivity index (χ2n) is 6.55. The smallest absolute Gasteiger partial charge is 0.221 e. The van der Waals surface area contributed by atoms with Crippen molar-refractivity contribution in [2.75, 3.05) is 20.2 Å². The van der Waals surface area contributed by atoms with E-state index in [1.165, 1.54) is 0 Å². The number of carbonyl (C=O) groups is 1. The van der Waals surface area contributed by atoms with Gasteiger partial charge in [0, 0.05) is 12.0 Å². The summed E-state index contributed by atoms with van der Waals surface area (Å²) in [7, 11) is 1.66. The van der Waals surface area contributed by atoms with Crippen LogP contribution in [0.25, 0.3) is 0 Å². The largest absolute Gasteiger partial charge is 0.496 e. The first-order valence-corrected chi connectivity index (χ1v) is 8.96. The van der Waals surface area contributed by atoms with Crippen molar-refractivity contribution in [2.45, 2.75) is 25.3 Å². The predicted molar refractivity (Wildman–Crippen MR) is 107 cm³/mol. The van der Waals surface area contributed by atoms with Gasteiger partial charge in [-0.3, -0.25) is 4.79 Å². The molecule has 2 aromatic rings. The van der Waals surface area contributed by atoms with Crippen molar-refractivity contribution in [3.63, 3.8) is 0 Å². The Labute approximate surface area is 161 Å². The molecular formula is C21H27ClN2O2. The molecule has 5 heteroatoms. The minimum atomic E-state index is -0.202. The Morgan fingerprint density at radius 2 is 1.77 bits per heavy atom. The molecule has 0 aliphatic carbocycles. The summed E-state index contributed by atoms with van der Waals surface area (Å²) in [6, 6.07) is 17.7. The van der Waals surface area contributed by atoms with Crippen LogP contribution in [0.1, 0.15) is 36.4 Å². The molecule has 1 atom stereocenters. The molecule has 0 radical (unpaired) electrons. The van der Waals surface area contributed by atoms with E-state index in [0.717, 1.165) is 42.8 Å². The third-order valence-corrected chi connectivity index (χ3v) is 4.82. The second-order valence-corrected chi connectivity index (χ2v) is 6.55. The van der Waals surface area contributed by atoms with Crippen LogP contribution in [-0.2, 0) is 4.79 Å². The summed E-state index contributed by atoms with van der Waals surface area (Å²) in [6.07, 6.45) is 2.72. The lowest BCUT2D eigenvalue weighted by Crippen LogP contribution is -2.34. The van der Waals surface area contributed by atoms with Gasteiger partial charge in [-0.15, -0.1) is 12.4 Å². The van der Waals surface area contributed by atoms with Crippen LogP contribution in [0.3, 0.4) is 0 Å². The zero-order chi connectivity index (χ0) is 17.5. The number of para-hydroxylation sites is 1. The molecule has 1 amide bonds. The van der Waals surface area contributed by atoms with Crippen LogP contribution in [0, 0.1) is 5.92 Å². The zero-order valence-electron chi connectivity index (χ0n) is 15.1. The highest BCUT2D eigenvalue weighted by Gasteiger charge is 2.22. The maximum atomic E-state index is 12.7. The van der Waals surface area contributed by atoms with Crippen LogP contribution in [0.2, 0.25) is 0 Å². The number of piperidine rings is 1. The third-order valence-electron chi connectivity index (χ3n) is 4.82. The Morgan fingerprint density at radius 3 is 2.46 bits per heavy atom. The topological polar surface area (TPSA) is 50.4 Å². The highest BCUT2D eigenvalue weighted by Crippen LogP contribution is 2.30. The van der Waals surface area contributed by atoms with Gasteiger partial charge in [-0.05, 0) is 43.5 Å². The molecule has 3 rings (SSSR count). The number of hydrogen-bond donors (Lipinski definition) is 2. The molecule has 0 bridgehead atoms. The van der Waals surface area contributed by atoms with Crippen LogP contribution in [0.5, 0.6) is 5.75 Å². The zero-order valence-corrected chi connectivity index (χ0v) is 15.9. The quantitative estimate of drug-likeness (QED) is 0.810. The van der Waals surface area contributed by atoms with Gasteiger partial charge in [-0.2, -0.15) is 0 Å². The van der Waals surface area contributed by atoms with Crippen molar-refractivity contribution in [1.29, 1.82) is 0 Å². The van der Waals surface area contributed by atoms with E-state index in [9.17, 15) is 4.79 Å². The van der Waals surface area contributed by atoms with Gasteiger partial charge in [0.1, 0.15) is 5.75 Å². The number of rotatable bonds is 6. The first-order valence-electron chi connectivity index (χ1n) is 8.96. The highest BCUT2D eigenvalue weighted by molar-refractivity contribution is 5.85. The number of hydrogen-bond acceptors (Lipinski definition) is 3. The number of ether oxygens (including phenoxy) is 1. The van der Waals surface area contributed by atoms with Crippen molar-refractivity contribution in [3.8, 4) is 5.75 Å². The van der Waals surface area contributed by atoms with Crippen LogP contribution >= 0.6 is 12.4 Å². The summed E-state index contributed by atoms with van der Waals surface area (Å²) >= 11 is 0. The van der Waals surface area contributed by atoms with E-state index in [0.29, 0.717) is 12.3 Å². The minimum absolute atomic E-state index is 0. The Bertz CT molecular complexity index is 687. The minimum Gasteiger partial charge on any atom is -0.496 e. The Balaban J connectivity index is 0.00000243. The predicted octanol–water partition coefficient (Wildman–Crippen LogP) is 3.71. The molecule has 1 saturated heterocycles. The van der Waals surface area contributed by atoms with E-state index < -0.39 is 0 Å². The van der Waals surface area contributed by atoms with Crippen molar-refractivity contribution >= 4 is 18.3 Å². The summed E-state index contributed by atoms with van der Waals surface area (Å²) in [6.45, 7) is 2.01. The van der Waals surface area contributed by atoms with E-state index in [-0.39, 0.29) is 24.4 Å². The molecule has 140 valence electrons. The molecule has 1 unspecified atom stereocenters. The molecule has 2 N–H and O–H groups in total. The lowest BCUT2D eigenvalue weighted by Gasteiger charge is -2.25. The van der Waals surface area contributed by atoms with E-state index >= 15 is 0 Å². The van der Waals surface area contributed by atoms with Gasteiger partial charge in [0.05, 0.1) is 13.2 Å². The molecule has 2 aromatic carbocycles. The molecule has 1 aliphatic heterocycles. The Kier molecular flexibility index (Phi) is 7.95. The van der Waals surface area contributed by atoms with Crippen molar-refractivity contribution < 1.29 is 9.53 Å².